The predicted molar refractivity (Wildman–Crippen MR) is 124 cm³/mol. The molecule has 2 aromatic carbocycles. The minimum absolute atomic E-state index is 0.0683. The number of rotatable bonds is 7. The van der Waals surface area contributed by atoms with Crippen LogP contribution < -0.4 is 19.6 Å². The first-order valence-electron chi connectivity index (χ1n) is 11.7. The van der Waals surface area contributed by atoms with Gasteiger partial charge in [0.1, 0.15) is 5.75 Å². The van der Waals surface area contributed by atoms with Crippen molar-refractivity contribution in [3.63, 3.8) is 0 Å². The smallest absolute Gasteiger partial charge is 0.309 e. The van der Waals surface area contributed by atoms with Crippen molar-refractivity contribution < 1.29 is 33.6 Å². The van der Waals surface area contributed by atoms with Crippen molar-refractivity contribution in [2.75, 3.05) is 53.3 Å². The van der Waals surface area contributed by atoms with Crippen molar-refractivity contribution in [2.24, 2.45) is 5.92 Å². The molecule has 5 rings (SSSR count). The number of nitrogens with one attached hydrogen (secondary N) is 1. The van der Waals surface area contributed by atoms with Crippen LogP contribution in [0.25, 0.3) is 0 Å². The number of carboxylic acid groups (broad SMARTS) is 1. The third kappa shape index (κ3) is 4.90. The number of hydrazine groups is 1. The monoisotopic (exact) mass is 483 g/mol. The molecule has 0 aliphatic carbocycles. The van der Waals surface area contributed by atoms with Crippen molar-refractivity contribution in [2.45, 2.75) is 12.0 Å². The van der Waals surface area contributed by atoms with Crippen LogP contribution in [0, 0.1) is 5.92 Å². The topological polar surface area (TPSA) is 110 Å². The molecule has 0 radical (unpaired) electrons. The third-order valence-corrected chi connectivity index (χ3v) is 6.81. The van der Waals surface area contributed by atoms with E-state index in [0.29, 0.717) is 50.1 Å². The molecule has 186 valence electrons. The Balaban J connectivity index is 1.44. The van der Waals surface area contributed by atoms with Crippen LogP contribution >= 0.6 is 0 Å². The Morgan fingerprint density at radius 3 is 2.49 bits per heavy atom. The molecule has 35 heavy (non-hydrogen) atoms. The van der Waals surface area contributed by atoms with Crippen LogP contribution in [0.4, 0.5) is 0 Å². The van der Waals surface area contributed by atoms with Gasteiger partial charge in [-0.25, -0.2) is 5.01 Å². The van der Waals surface area contributed by atoms with Crippen LogP contribution in [0.1, 0.15) is 23.1 Å². The number of ether oxygens (including phenoxy) is 4. The van der Waals surface area contributed by atoms with Gasteiger partial charge in [0.25, 0.3) is 0 Å². The molecule has 3 aliphatic rings. The van der Waals surface area contributed by atoms with E-state index in [4.69, 9.17) is 18.9 Å². The summed E-state index contributed by atoms with van der Waals surface area (Å²) in [6, 6.07) is 12.4. The van der Waals surface area contributed by atoms with Gasteiger partial charge in [-0.3, -0.25) is 19.9 Å². The van der Waals surface area contributed by atoms with Crippen molar-refractivity contribution >= 4 is 11.9 Å². The van der Waals surface area contributed by atoms with Gasteiger partial charge in [0.05, 0.1) is 32.8 Å². The number of morpholine rings is 1. The lowest BCUT2D eigenvalue weighted by Crippen LogP contribution is -2.51. The molecule has 0 bridgehead atoms. The lowest BCUT2D eigenvalue weighted by atomic mass is 9.82. The van der Waals surface area contributed by atoms with Crippen LogP contribution in [0.15, 0.2) is 42.5 Å². The first-order valence-corrected chi connectivity index (χ1v) is 11.7. The Labute approximate surface area is 203 Å². The quantitative estimate of drug-likeness (QED) is 0.607. The maximum Gasteiger partial charge on any atom is 0.309 e. The Morgan fingerprint density at radius 1 is 1.06 bits per heavy atom. The second-order valence-corrected chi connectivity index (χ2v) is 8.87. The highest BCUT2D eigenvalue weighted by atomic mass is 16.7. The number of carbonyl (C=O) groups is 2. The lowest BCUT2D eigenvalue weighted by molar-refractivity contribution is -0.143. The summed E-state index contributed by atoms with van der Waals surface area (Å²) in [7, 11) is 1.59. The average Bonchev–Trinajstić information content (AvgIpc) is 3.49. The van der Waals surface area contributed by atoms with Crippen LogP contribution in [0.5, 0.6) is 17.2 Å². The van der Waals surface area contributed by atoms with E-state index < -0.39 is 17.9 Å². The van der Waals surface area contributed by atoms with E-state index in [0.717, 1.165) is 11.1 Å². The van der Waals surface area contributed by atoms with E-state index in [1.807, 2.05) is 52.4 Å². The largest absolute Gasteiger partial charge is 0.497 e. The fourth-order valence-electron chi connectivity index (χ4n) is 5.14. The first kappa shape index (κ1) is 23.4. The summed E-state index contributed by atoms with van der Waals surface area (Å²) in [6.07, 6.45) is 0. The summed E-state index contributed by atoms with van der Waals surface area (Å²) in [4.78, 5) is 27.6. The highest BCUT2D eigenvalue weighted by Gasteiger charge is 2.48. The van der Waals surface area contributed by atoms with Gasteiger partial charge in [-0.05, 0) is 35.4 Å². The summed E-state index contributed by atoms with van der Waals surface area (Å²) in [5.41, 5.74) is 4.60. The minimum Gasteiger partial charge on any atom is -0.497 e. The molecule has 0 saturated carbocycles. The number of hydrogen-bond acceptors (Lipinski definition) is 8. The third-order valence-electron chi connectivity index (χ3n) is 6.81. The molecule has 10 nitrogen and oxygen atoms in total. The molecule has 2 fully saturated rings. The number of nitrogens with zero attached hydrogens (tertiary/aromatic N) is 2. The van der Waals surface area contributed by atoms with Crippen LogP contribution in [-0.2, 0) is 14.3 Å². The van der Waals surface area contributed by atoms with Gasteiger partial charge in [0.2, 0.25) is 12.7 Å². The fraction of sp³-hybridized carbons (Fsp3) is 0.440. The summed E-state index contributed by atoms with van der Waals surface area (Å²) < 4.78 is 21.6. The van der Waals surface area contributed by atoms with Gasteiger partial charge in [0, 0.05) is 31.6 Å². The van der Waals surface area contributed by atoms with Gasteiger partial charge in [-0.15, -0.1) is 0 Å². The van der Waals surface area contributed by atoms with Gasteiger partial charge in [-0.2, -0.15) is 0 Å². The molecular formula is C25H29N3O7. The normalized spacial score (nSPS) is 24.3. The van der Waals surface area contributed by atoms with Gasteiger partial charge in [-0.1, -0.05) is 18.2 Å². The first-order chi connectivity index (χ1) is 17.0. The SMILES string of the molecule is COc1ccc([C@@H]2[C@@H](C(=O)O)[C@@H](c3ccc4c(c3)OCO4)CN2CC(=O)NN2CCOCC2)cc1. The standard InChI is InChI=1S/C25H29N3O7/c1-32-18-5-2-16(3-6-18)24-23(25(30)31)19(17-4-7-20-21(12-17)35-15-34-20)13-27(24)14-22(29)26-28-8-10-33-11-9-28/h2-7,12,19,23-24H,8-11,13-15H2,1H3,(H,26,29)(H,30,31)/t19-,23+,24-/m1/s1. The molecule has 10 heteroatoms. The summed E-state index contributed by atoms with van der Waals surface area (Å²) in [6.45, 7) is 2.98. The Kier molecular flexibility index (Phi) is 6.76. The van der Waals surface area contributed by atoms with E-state index in [1.54, 1.807) is 7.11 Å². The fourth-order valence-corrected chi connectivity index (χ4v) is 5.14. The van der Waals surface area contributed by atoms with Crippen LogP contribution in [0.3, 0.4) is 0 Å². The number of amides is 1. The maximum absolute atomic E-state index is 13.0. The molecule has 2 saturated heterocycles. The number of carbonyl (C=O) groups excluding carboxylic acids is 1. The average molecular weight is 484 g/mol. The van der Waals surface area contributed by atoms with E-state index in [1.165, 1.54) is 0 Å². The zero-order chi connectivity index (χ0) is 24.4. The lowest BCUT2D eigenvalue weighted by Gasteiger charge is -2.30. The van der Waals surface area contributed by atoms with Crippen molar-refractivity contribution in [1.82, 2.24) is 15.3 Å². The number of likely N-dealkylation sites (tertiary alicyclic amines) is 1. The summed E-state index contributed by atoms with van der Waals surface area (Å²) in [5.74, 6) is -0.263. The van der Waals surface area contributed by atoms with Crippen LogP contribution in [-0.4, -0.2) is 80.2 Å². The highest BCUT2D eigenvalue weighted by molar-refractivity contribution is 5.78. The van der Waals surface area contributed by atoms with Gasteiger partial charge < -0.3 is 24.1 Å². The van der Waals surface area contributed by atoms with Crippen molar-refractivity contribution in [1.29, 1.82) is 0 Å². The van der Waals surface area contributed by atoms with Gasteiger partial charge >= 0.3 is 5.97 Å². The molecule has 3 atom stereocenters. The summed E-state index contributed by atoms with van der Waals surface area (Å²) in [5, 5.41) is 12.2. The number of benzene rings is 2. The van der Waals surface area contributed by atoms with Crippen molar-refractivity contribution in [3.8, 4) is 17.2 Å². The maximum atomic E-state index is 13.0. The Hall–Kier alpha value is -3.34. The van der Waals surface area contributed by atoms with E-state index in [9.17, 15) is 14.7 Å². The number of methoxy groups -OCH3 is 1. The molecule has 1 amide bonds. The Bertz CT molecular complexity index is 1070. The molecule has 2 N–H and O–H groups in total. The molecule has 0 unspecified atom stereocenters. The van der Waals surface area contributed by atoms with Gasteiger partial charge in [0.15, 0.2) is 11.5 Å². The molecule has 0 aromatic heterocycles. The number of hydrogen-bond donors (Lipinski definition) is 2. The number of aliphatic carboxylic acids is 1. The number of fused-ring (bicyclic) bond motifs is 1. The predicted octanol–water partition coefficient (Wildman–Crippen LogP) is 1.63. The second-order valence-electron chi connectivity index (χ2n) is 8.87. The highest BCUT2D eigenvalue weighted by Crippen LogP contribution is 2.47. The molecule has 2 aromatic rings. The molecule has 3 heterocycles. The Morgan fingerprint density at radius 2 is 1.77 bits per heavy atom. The van der Waals surface area contributed by atoms with Crippen LogP contribution in [0.2, 0.25) is 0 Å². The zero-order valence-corrected chi connectivity index (χ0v) is 19.5. The molecular weight excluding hydrogens is 454 g/mol. The minimum atomic E-state index is -0.912. The van der Waals surface area contributed by atoms with E-state index in [-0.39, 0.29) is 25.2 Å². The molecule has 3 aliphatic heterocycles. The zero-order valence-electron chi connectivity index (χ0n) is 19.5. The van der Waals surface area contributed by atoms with E-state index in [2.05, 4.69) is 5.43 Å². The summed E-state index contributed by atoms with van der Waals surface area (Å²) >= 11 is 0. The molecule has 0 spiro atoms. The van der Waals surface area contributed by atoms with Crippen molar-refractivity contribution in [3.05, 3.63) is 53.6 Å². The van der Waals surface area contributed by atoms with E-state index >= 15 is 0 Å². The second kappa shape index (κ2) is 10.1. The number of carboxylic acids is 1.